The van der Waals surface area contributed by atoms with Gasteiger partial charge in [-0.05, 0) is 44.0 Å². The van der Waals surface area contributed by atoms with Crippen LogP contribution in [0, 0.1) is 0 Å². The van der Waals surface area contributed by atoms with E-state index >= 15 is 0 Å². The summed E-state index contributed by atoms with van der Waals surface area (Å²) in [4.78, 5) is 28.5. The Kier molecular flexibility index (Phi) is 6.11. The van der Waals surface area contributed by atoms with Crippen LogP contribution in [-0.2, 0) is 20.9 Å². The monoisotopic (exact) mass is 342 g/mol. The third-order valence-corrected chi connectivity index (χ3v) is 3.16. The fourth-order valence-electron chi connectivity index (χ4n) is 2.08. The summed E-state index contributed by atoms with van der Waals surface area (Å²) >= 11 is 0. The Balaban J connectivity index is 2.05. The number of nitrogens with zero attached hydrogens (tertiary/aromatic N) is 1. The number of alkyl carbamates (subject to hydrolysis) is 1. The summed E-state index contributed by atoms with van der Waals surface area (Å²) in [5.41, 5.74) is 0.758. The first-order valence-electron chi connectivity index (χ1n) is 7.95. The van der Waals surface area contributed by atoms with E-state index in [0.29, 0.717) is 5.56 Å². The van der Waals surface area contributed by atoms with E-state index < -0.39 is 23.7 Å². The minimum absolute atomic E-state index is 0.115. The number of benzene rings is 1. The van der Waals surface area contributed by atoms with Crippen LogP contribution < -0.4 is 5.32 Å². The SMILES string of the molecule is CC(C)(C)OC(=O)C(NC(=O)OCc1ccccc1)c1ccncc1. The maximum absolute atomic E-state index is 12.5. The van der Waals surface area contributed by atoms with Crippen LogP contribution in [0.5, 0.6) is 0 Å². The Hall–Kier alpha value is -2.89. The Morgan fingerprint density at radius 2 is 1.72 bits per heavy atom. The van der Waals surface area contributed by atoms with E-state index in [0.717, 1.165) is 5.56 Å². The highest BCUT2D eigenvalue weighted by Crippen LogP contribution is 2.18. The lowest BCUT2D eigenvalue weighted by Crippen LogP contribution is -2.38. The molecule has 1 atom stereocenters. The number of hydrogen-bond acceptors (Lipinski definition) is 5. The van der Waals surface area contributed by atoms with Gasteiger partial charge in [-0.1, -0.05) is 30.3 Å². The minimum Gasteiger partial charge on any atom is -0.458 e. The molecule has 2 rings (SSSR count). The van der Waals surface area contributed by atoms with Gasteiger partial charge in [0.05, 0.1) is 0 Å². The predicted molar refractivity (Wildman–Crippen MR) is 92.6 cm³/mol. The standard InChI is InChI=1S/C19H22N2O4/c1-19(2,3)25-17(22)16(15-9-11-20-12-10-15)21-18(23)24-13-14-7-5-4-6-8-14/h4-12,16H,13H2,1-3H3,(H,21,23). The summed E-state index contributed by atoms with van der Waals surface area (Å²) in [6, 6.07) is 11.6. The summed E-state index contributed by atoms with van der Waals surface area (Å²) < 4.78 is 10.6. The van der Waals surface area contributed by atoms with Gasteiger partial charge in [-0.3, -0.25) is 4.98 Å². The van der Waals surface area contributed by atoms with Gasteiger partial charge in [0.15, 0.2) is 6.04 Å². The van der Waals surface area contributed by atoms with Crippen LogP contribution in [0.2, 0.25) is 0 Å². The molecule has 0 saturated carbocycles. The van der Waals surface area contributed by atoms with Gasteiger partial charge in [0.25, 0.3) is 0 Å². The van der Waals surface area contributed by atoms with Crippen molar-refractivity contribution < 1.29 is 19.1 Å². The number of aromatic nitrogens is 1. The maximum Gasteiger partial charge on any atom is 0.408 e. The number of carbonyl (C=O) groups excluding carboxylic acids is 2. The third-order valence-electron chi connectivity index (χ3n) is 3.16. The molecular formula is C19H22N2O4. The molecule has 25 heavy (non-hydrogen) atoms. The topological polar surface area (TPSA) is 77.5 Å². The van der Waals surface area contributed by atoms with Gasteiger partial charge in [-0.15, -0.1) is 0 Å². The lowest BCUT2D eigenvalue weighted by molar-refractivity contribution is -0.157. The zero-order valence-electron chi connectivity index (χ0n) is 14.6. The molecule has 6 nitrogen and oxygen atoms in total. The number of hydrogen-bond donors (Lipinski definition) is 1. The fraction of sp³-hybridized carbons (Fsp3) is 0.316. The second kappa shape index (κ2) is 8.28. The molecule has 0 spiro atoms. The Bertz CT molecular complexity index is 696. The van der Waals surface area contributed by atoms with E-state index in [9.17, 15) is 9.59 Å². The molecule has 2 aromatic rings. The molecular weight excluding hydrogens is 320 g/mol. The van der Waals surface area contributed by atoms with Crippen LogP contribution in [0.3, 0.4) is 0 Å². The average Bonchev–Trinajstić information content (AvgIpc) is 2.58. The van der Waals surface area contributed by atoms with E-state index in [4.69, 9.17) is 9.47 Å². The van der Waals surface area contributed by atoms with Crippen molar-refractivity contribution in [1.82, 2.24) is 10.3 Å². The van der Waals surface area contributed by atoms with Crippen molar-refractivity contribution in [3.63, 3.8) is 0 Å². The molecule has 0 aliphatic heterocycles. The number of amides is 1. The van der Waals surface area contributed by atoms with E-state index in [1.165, 1.54) is 0 Å². The summed E-state index contributed by atoms with van der Waals surface area (Å²) in [7, 11) is 0. The molecule has 1 aromatic heterocycles. The lowest BCUT2D eigenvalue weighted by Gasteiger charge is -2.24. The number of rotatable bonds is 5. The molecule has 1 N–H and O–H groups in total. The summed E-state index contributed by atoms with van der Waals surface area (Å²) in [5, 5.41) is 2.56. The Labute approximate surface area is 147 Å². The van der Waals surface area contributed by atoms with Crippen molar-refractivity contribution in [2.24, 2.45) is 0 Å². The zero-order chi connectivity index (χ0) is 18.3. The first-order valence-corrected chi connectivity index (χ1v) is 7.95. The quantitative estimate of drug-likeness (QED) is 0.843. The maximum atomic E-state index is 12.5. The van der Waals surface area contributed by atoms with Gasteiger partial charge in [-0.2, -0.15) is 0 Å². The molecule has 132 valence electrons. The predicted octanol–water partition coefficient (Wildman–Crippen LogP) is 3.39. The van der Waals surface area contributed by atoms with E-state index in [1.54, 1.807) is 45.3 Å². The number of nitrogens with one attached hydrogen (secondary N) is 1. The number of esters is 1. The highest BCUT2D eigenvalue weighted by molar-refractivity contribution is 5.83. The summed E-state index contributed by atoms with van der Waals surface area (Å²) in [6.45, 7) is 5.41. The molecule has 0 aliphatic rings. The largest absolute Gasteiger partial charge is 0.458 e. The number of ether oxygens (including phenoxy) is 2. The first-order chi connectivity index (χ1) is 11.8. The van der Waals surface area contributed by atoms with Crippen molar-refractivity contribution in [2.75, 3.05) is 0 Å². The van der Waals surface area contributed by atoms with Gasteiger partial charge < -0.3 is 14.8 Å². The first kappa shape index (κ1) is 18.4. The summed E-state index contributed by atoms with van der Waals surface area (Å²) in [6.07, 6.45) is 2.39. The zero-order valence-corrected chi connectivity index (χ0v) is 14.6. The number of pyridine rings is 1. The third kappa shape index (κ3) is 6.25. The van der Waals surface area contributed by atoms with Gasteiger partial charge in [0, 0.05) is 12.4 Å². The van der Waals surface area contributed by atoms with Crippen molar-refractivity contribution in [3.05, 3.63) is 66.0 Å². The van der Waals surface area contributed by atoms with Gasteiger partial charge in [0.1, 0.15) is 12.2 Å². The van der Waals surface area contributed by atoms with E-state index in [1.807, 2.05) is 30.3 Å². The molecule has 1 unspecified atom stereocenters. The highest BCUT2D eigenvalue weighted by atomic mass is 16.6. The Morgan fingerprint density at radius 1 is 1.08 bits per heavy atom. The molecule has 0 aliphatic carbocycles. The van der Waals surface area contributed by atoms with Crippen molar-refractivity contribution in [2.45, 2.75) is 39.0 Å². The fourth-order valence-corrected chi connectivity index (χ4v) is 2.08. The van der Waals surface area contributed by atoms with Gasteiger partial charge >= 0.3 is 12.1 Å². The highest BCUT2D eigenvalue weighted by Gasteiger charge is 2.28. The van der Waals surface area contributed by atoms with Crippen molar-refractivity contribution in [3.8, 4) is 0 Å². The van der Waals surface area contributed by atoms with Crippen molar-refractivity contribution >= 4 is 12.1 Å². The lowest BCUT2D eigenvalue weighted by atomic mass is 10.1. The smallest absolute Gasteiger partial charge is 0.408 e. The molecule has 1 aromatic carbocycles. The molecule has 0 saturated heterocycles. The molecule has 0 fully saturated rings. The van der Waals surface area contributed by atoms with Crippen molar-refractivity contribution in [1.29, 1.82) is 0 Å². The van der Waals surface area contributed by atoms with Crippen LogP contribution in [0.15, 0.2) is 54.9 Å². The minimum atomic E-state index is -0.967. The normalized spacial score (nSPS) is 12.1. The van der Waals surface area contributed by atoms with E-state index in [2.05, 4.69) is 10.3 Å². The summed E-state index contributed by atoms with van der Waals surface area (Å²) in [5.74, 6) is -0.560. The van der Waals surface area contributed by atoms with Gasteiger partial charge in [-0.25, -0.2) is 9.59 Å². The Morgan fingerprint density at radius 3 is 2.32 bits per heavy atom. The number of carbonyl (C=O) groups is 2. The van der Waals surface area contributed by atoms with Crippen LogP contribution in [0.1, 0.15) is 37.9 Å². The molecule has 1 amide bonds. The molecule has 6 heteroatoms. The van der Waals surface area contributed by atoms with Crippen LogP contribution in [-0.4, -0.2) is 22.6 Å². The van der Waals surface area contributed by atoms with Gasteiger partial charge in [0.2, 0.25) is 0 Å². The molecule has 0 radical (unpaired) electrons. The molecule has 1 heterocycles. The second-order valence-corrected chi connectivity index (χ2v) is 6.45. The second-order valence-electron chi connectivity index (χ2n) is 6.45. The van der Waals surface area contributed by atoms with Crippen LogP contribution >= 0.6 is 0 Å². The molecule has 0 bridgehead atoms. The van der Waals surface area contributed by atoms with Crippen LogP contribution in [0.25, 0.3) is 0 Å². The average molecular weight is 342 g/mol. The van der Waals surface area contributed by atoms with Crippen LogP contribution in [0.4, 0.5) is 4.79 Å². The van der Waals surface area contributed by atoms with E-state index in [-0.39, 0.29) is 6.61 Å².